The summed E-state index contributed by atoms with van der Waals surface area (Å²) < 4.78 is 27.3. The predicted molar refractivity (Wildman–Crippen MR) is 109 cm³/mol. The van der Waals surface area contributed by atoms with E-state index in [-0.39, 0.29) is 38.7 Å². The van der Waals surface area contributed by atoms with Crippen molar-refractivity contribution in [3.8, 4) is 0 Å². The maximum atomic E-state index is 12.2. The molecule has 0 spiro atoms. The van der Waals surface area contributed by atoms with E-state index in [1.165, 1.54) is 0 Å². The summed E-state index contributed by atoms with van der Waals surface area (Å²) in [5.41, 5.74) is 0. The van der Waals surface area contributed by atoms with Crippen LogP contribution in [0.15, 0.2) is 0 Å². The topological polar surface area (TPSA) is 144 Å². The fourth-order valence-electron chi connectivity index (χ4n) is 2.82. The van der Waals surface area contributed by atoms with Gasteiger partial charge in [0.1, 0.15) is 18.8 Å². The van der Waals surface area contributed by atoms with E-state index in [1.807, 2.05) is 0 Å². The quantitative estimate of drug-likeness (QED) is 0.353. The van der Waals surface area contributed by atoms with Crippen LogP contribution in [0, 0.1) is 0 Å². The van der Waals surface area contributed by atoms with Gasteiger partial charge in [0.2, 0.25) is 12.2 Å². The Bertz CT molecular complexity index is 679. The summed E-state index contributed by atoms with van der Waals surface area (Å²) in [5.74, 6) is -2.83. The third-order valence-electron chi connectivity index (χ3n) is 4.64. The maximum Gasteiger partial charge on any atom is 0.307 e. The zero-order chi connectivity index (χ0) is 24.3. The zero-order valence-corrected chi connectivity index (χ0v) is 19.2. The molecule has 182 valence electrons. The van der Waals surface area contributed by atoms with E-state index >= 15 is 0 Å². The molecule has 5 unspecified atom stereocenters. The van der Waals surface area contributed by atoms with Crippen LogP contribution in [0.2, 0.25) is 0 Å². The summed E-state index contributed by atoms with van der Waals surface area (Å²) in [6, 6.07) is -1.15. The fourth-order valence-corrected chi connectivity index (χ4v) is 2.82. The second kappa shape index (κ2) is 13.7. The molecule has 1 aliphatic rings. The largest absolute Gasteiger partial charge is 0.463 e. The van der Waals surface area contributed by atoms with Gasteiger partial charge in [-0.1, -0.05) is 34.6 Å². The van der Waals surface area contributed by atoms with Crippen molar-refractivity contribution >= 4 is 29.8 Å². The minimum atomic E-state index is -1.37. The summed E-state index contributed by atoms with van der Waals surface area (Å²) in [6.45, 7) is 7.60. The highest BCUT2D eigenvalue weighted by atomic mass is 16.7. The summed E-state index contributed by atoms with van der Waals surface area (Å²) in [4.78, 5) is 60.2. The van der Waals surface area contributed by atoms with E-state index in [9.17, 15) is 24.0 Å². The van der Waals surface area contributed by atoms with E-state index in [2.05, 4.69) is 5.32 Å². The van der Waals surface area contributed by atoms with Gasteiger partial charge in [0.25, 0.3) is 0 Å². The molecule has 1 N–H and O–H groups in total. The number of amides is 1. The second-order valence-corrected chi connectivity index (χ2v) is 6.99. The minimum absolute atomic E-state index is 0.00907. The van der Waals surface area contributed by atoms with Crippen molar-refractivity contribution in [3.63, 3.8) is 0 Å². The third-order valence-corrected chi connectivity index (χ3v) is 4.64. The van der Waals surface area contributed by atoms with Crippen LogP contribution in [-0.4, -0.2) is 67.0 Å². The van der Waals surface area contributed by atoms with Gasteiger partial charge in [-0.3, -0.25) is 24.0 Å². The monoisotopic (exact) mass is 459 g/mol. The lowest BCUT2D eigenvalue weighted by atomic mass is 9.95. The number of ether oxygens (including phenoxy) is 5. The van der Waals surface area contributed by atoms with Crippen molar-refractivity contribution in [2.75, 3.05) is 6.61 Å². The normalized spacial score (nSPS) is 24.7. The Hall–Kier alpha value is -2.69. The first-order valence-electron chi connectivity index (χ1n) is 10.9. The van der Waals surface area contributed by atoms with Gasteiger partial charge in [-0.25, -0.2) is 0 Å². The first-order valence-corrected chi connectivity index (χ1v) is 10.9. The van der Waals surface area contributed by atoms with E-state index in [4.69, 9.17) is 23.7 Å². The lowest BCUT2D eigenvalue weighted by molar-refractivity contribution is -0.272. The first-order chi connectivity index (χ1) is 15.2. The van der Waals surface area contributed by atoms with Crippen LogP contribution >= 0.6 is 0 Å². The van der Waals surface area contributed by atoms with E-state index in [0.717, 1.165) is 0 Å². The molecule has 1 rings (SSSR count). The van der Waals surface area contributed by atoms with Crippen molar-refractivity contribution in [2.24, 2.45) is 0 Å². The Balaban J connectivity index is 3.40. The molecule has 1 fully saturated rings. The van der Waals surface area contributed by atoms with Crippen LogP contribution in [-0.2, 0) is 47.7 Å². The summed E-state index contributed by atoms with van der Waals surface area (Å²) in [7, 11) is 0. The van der Waals surface area contributed by atoms with Crippen molar-refractivity contribution in [1.82, 2.24) is 5.32 Å². The molecule has 0 radical (unpaired) electrons. The van der Waals surface area contributed by atoms with Crippen molar-refractivity contribution in [1.29, 1.82) is 0 Å². The highest BCUT2D eigenvalue weighted by molar-refractivity contribution is 5.76. The van der Waals surface area contributed by atoms with E-state index in [1.54, 1.807) is 34.6 Å². The highest BCUT2D eigenvalue weighted by Crippen LogP contribution is 2.28. The predicted octanol–water partition coefficient (Wildman–Crippen LogP) is 1.16. The molecule has 0 aromatic rings. The SMILES string of the molecule is CCC(=O)NC1C(OC(=O)CC)OC(COC(=O)CC)C(OC(=O)CC)C1OC(=O)CC. The average Bonchev–Trinajstić information content (AvgIpc) is 2.80. The standard InChI is InChI=1S/C21H33NO10/c1-6-13(23)22-18-20(31-16(26)9-4)19(30-15(25)8-3)12(11-28-14(24)7-2)29-21(18)32-17(27)10-5/h12,18-21H,6-11H2,1-5H3,(H,22,23). The third kappa shape index (κ3) is 8.10. The molecule has 11 heteroatoms. The van der Waals surface area contributed by atoms with Crippen LogP contribution < -0.4 is 5.32 Å². The Morgan fingerprint density at radius 2 is 1.19 bits per heavy atom. The second-order valence-electron chi connectivity index (χ2n) is 6.99. The Morgan fingerprint density at radius 1 is 0.688 bits per heavy atom. The Labute approximate surface area is 187 Å². The fraction of sp³-hybridized carbons (Fsp3) is 0.762. The van der Waals surface area contributed by atoms with Gasteiger partial charge in [-0.05, 0) is 0 Å². The Kier molecular flexibility index (Phi) is 11.7. The van der Waals surface area contributed by atoms with Crippen LogP contribution in [0.25, 0.3) is 0 Å². The van der Waals surface area contributed by atoms with Crippen LogP contribution in [0.3, 0.4) is 0 Å². The van der Waals surface area contributed by atoms with Gasteiger partial charge in [-0.15, -0.1) is 0 Å². The van der Waals surface area contributed by atoms with Gasteiger partial charge in [0, 0.05) is 32.1 Å². The summed E-state index contributed by atoms with van der Waals surface area (Å²) in [5, 5.41) is 2.63. The maximum absolute atomic E-state index is 12.2. The summed E-state index contributed by atoms with van der Waals surface area (Å²) in [6.07, 6.45) is -4.70. The van der Waals surface area contributed by atoms with Gasteiger partial charge in [0.15, 0.2) is 12.2 Å². The molecular formula is C21H33NO10. The molecule has 0 aromatic carbocycles. The molecule has 0 saturated carbocycles. The van der Waals surface area contributed by atoms with Crippen LogP contribution in [0.1, 0.15) is 66.7 Å². The zero-order valence-electron chi connectivity index (χ0n) is 19.2. The molecule has 5 atom stereocenters. The van der Waals surface area contributed by atoms with E-state index < -0.39 is 60.4 Å². The number of carbonyl (C=O) groups excluding carboxylic acids is 5. The van der Waals surface area contributed by atoms with Crippen LogP contribution in [0.5, 0.6) is 0 Å². The first kappa shape index (κ1) is 27.3. The summed E-state index contributed by atoms with van der Waals surface area (Å²) >= 11 is 0. The number of carbonyl (C=O) groups is 5. The number of hydrogen-bond acceptors (Lipinski definition) is 10. The Morgan fingerprint density at radius 3 is 1.69 bits per heavy atom. The van der Waals surface area contributed by atoms with Crippen molar-refractivity contribution in [3.05, 3.63) is 0 Å². The molecule has 1 amide bonds. The molecule has 0 aliphatic carbocycles. The molecule has 1 aliphatic heterocycles. The van der Waals surface area contributed by atoms with Crippen molar-refractivity contribution in [2.45, 2.75) is 97.4 Å². The van der Waals surface area contributed by atoms with Crippen LogP contribution in [0.4, 0.5) is 0 Å². The average molecular weight is 459 g/mol. The van der Waals surface area contributed by atoms with E-state index in [0.29, 0.717) is 0 Å². The molecule has 1 saturated heterocycles. The number of rotatable bonds is 11. The molecular weight excluding hydrogens is 426 g/mol. The van der Waals surface area contributed by atoms with Crippen molar-refractivity contribution < 1.29 is 47.7 Å². The number of hydrogen-bond donors (Lipinski definition) is 1. The molecule has 0 aromatic heterocycles. The number of nitrogens with one attached hydrogen (secondary N) is 1. The molecule has 1 heterocycles. The lowest BCUT2D eigenvalue weighted by Crippen LogP contribution is -2.67. The minimum Gasteiger partial charge on any atom is -0.463 e. The van der Waals surface area contributed by atoms with Gasteiger partial charge in [0.05, 0.1) is 0 Å². The number of esters is 4. The molecule has 11 nitrogen and oxygen atoms in total. The molecule has 32 heavy (non-hydrogen) atoms. The van der Waals surface area contributed by atoms with Gasteiger partial charge < -0.3 is 29.0 Å². The molecule has 0 bridgehead atoms. The smallest absolute Gasteiger partial charge is 0.307 e. The lowest BCUT2D eigenvalue weighted by Gasteiger charge is -2.44. The highest BCUT2D eigenvalue weighted by Gasteiger charge is 2.52. The van der Waals surface area contributed by atoms with Gasteiger partial charge in [-0.2, -0.15) is 0 Å². The van der Waals surface area contributed by atoms with Gasteiger partial charge >= 0.3 is 23.9 Å².